The first kappa shape index (κ1) is 26.3. The topological polar surface area (TPSA) is 88.0 Å². The number of carbonyl (C=O) groups excluding carboxylic acids is 1. The molecule has 0 bridgehead atoms. The average molecular weight is 498 g/mol. The predicted octanol–water partition coefficient (Wildman–Crippen LogP) is 5.33. The minimum Gasteiger partial charge on any atom is -0.361 e. The fraction of sp³-hybridized carbons (Fsp3) is 0.192. The third-order valence-electron chi connectivity index (χ3n) is 5.04. The molecule has 2 aromatic heterocycles. The zero-order chi connectivity index (χ0) is 26.3. The molecule has 10 heteroatoms. The van der Waals surface area contributed by atoms with Gasteiger partial charge >= 0.3 is 6.18 Å². The highest BCUT2D eigenvalue weighted by Crippen LogP contribution is 2.36. The molecule has 0 saturated heterocycles. The zero-order valence-electron chi connectivity index (χ0n) is 20.0. The van der Waals surface area contributed by atoms with Gasteiger partial charge in [-0.05, 0) is 30.3 Å². The number of anilines is 3. The number of pyridine rings is 2. The van der Waals surface area contributed by atoms with E-state index < -0.39 is 28.5 Å². The number of nitrogens with zero attached hydrogens (tertiary/aromatic N) is 2. The Morgan fingerprint density at radius 3 is 2.17 bits per heavy atom. The van der Waals surface area contributed by atoms with E-state index in [1.54, 1.807) is 54.6 Å². The third kappa shape index (κ3) is 5.83. The number of rotatable bonds is 6. The average Bonchev–Trinajstić information content (AvgIpc) is 2.88. The lowest BCUT2D eigenvalue weighted by Crippen LogP contribution is -2.27. The number of amides is 1. The Balaban J connectivity index is 0.00000176. The van der Waals surface area contributed by atoms with Crippen molar-refractivity contribution in [1.82, 2.24) is 14.9 Å². The van der Waals surface area contributed by atoms with E-state index in [0.717, 1.165) is 12.1 Å². The number of benzene rings is 2. The van der Waals surface area contributed by atoms with Gasteiger partial charge in [0.1, 0.15) is 11.6 Å². The van der Waals surface area contributed by atoms with Crippen molar-refractivity contribution in [3.05, 3.63) is 88.6 Å². The molecule has 3 N–H and O–H groups in total. The van der Waals surface area contributed by atoms with Crippen LogP contribution < -0.4 is 21.4 Å². The van der Waals surface area contributed by atoms with Crippen molar-refractivity contribution in [3.8, 4) is 5.69 Å². The molecular weight excluding hydrogens is 471 g/mol. The summed E-state index contributed by atoms with van der Waals surface area (Å²) in [6.45, 7) is 3.71. The monoisotopic (exact) mass is 497 g/mol. The van der Waals surface area contributed by atoms with Gasteiger partial charge in [0.15, 0.2) is 11.1 Å². The highest BCUT2D eigenvalue weighted by atomic mass is 19.4. The van der Waals surface area contributed by atoms with E-state index in [0.29, 0.717) is 11.4 Å². The molecule has 0 unspecified atom stereocenters. The predicted molar refractivity (Wildman–Crippen MR) is 136 cm³/mol. The van der Waals surface area contributed by atoms with Gasteiger partial charge in [-0.3, -0.25) is 14.2 Å². The van der Waals surface area contributed by atoms with Crippen LogP contribution in [0.15, 0.2) is 77.6 Å². The van der Waals surface area contributed by atoms with E-state index in [2.05, 4.69) is 20.9 Å². The van der Waals surface area contributed by atoms with Gasteiger partial charge in [0.25, 0.3) is 0 Å². The lowest BCUT2D eigenvalue weighted by Gasteiger charge is -2.20. The van der Waals surface area contributed by atoms with Gasteiger partial charge in [-0.25, -0.2) is 4.98 Å². The number of aromatic nitrogens is 2. The van der Waals surface area contributed by atoms with Crippen LogP contribution in [-0.2, 0) is 11.0 Å². The molecule has 0 saturated carbocycles. The van der Waals surface area contributed by atoms with Gasteiger partial charge in [-0.15, -0.1) is 0 Å². The first-order valence-corrected chi connectivity index (χ1v) is 11.3. The molecule has 0 aliphatic rings. The molecule has 7 nitrogen and oxygen atoms in total. The van der Waals surface area contributed by atoms with Crippen LogP contribution in [0.25, 0.3) is 16.7 Å². The number of alkyl halides is 3. The lowest BCUT2D eigenvalue weighted by atomic mass is 10.1. The molecule has 188 valence electrons. The number of carbonyl (C=O) groups is 1. The van der Waals surface area contributed by atoms with Crippen molar-refractivity contribution in [2.75, 3.05) is 24.2 Å². The van der Waals surface area contributed by atoms with Crippen LogP contribution in [0.2, 0.25) is 0 Å². The summed E-state index contributed by atoms with van der Waals surface area (Å²) >= 11 is 0. The van der Waals surface area contributed by atoms with Crippen LogP contribution in [0.3, 0.4) is 0 Å². The van der Waals surface area contributed by atoms with Crippen LogP contribution in [-0.4, -0.2) is 29.1 Å². The van der Waals surface area contributed by atoms with Gasteiger partial charge in [-0.2, -0.15) is 13.2 Å². The second kappa shape index (κ2) is 11.4. The quantitative estimate of drug-likeness (QED) is 0.335. The molecule has 0 spiro atoms. The molecule has 0 fully saturated rings. The van der Waals surface area contributed by atoms with Crippen LogP contribution in [0.1, 0.15) is 19.4 Å². The number of likely N-dealkylation sites (N-methyl/N-ethyl adjacent to an activating group) is 1. The van der Waals surface area contributed by atoms with Crippen LogP contribution in [0.5, 0.6) is 0 Å². The summed E-state index contributed by atoms with van der Waals surface area (Å²) in [6.07, 6.45) is -4.83. The second-order valence-electron chi connectivity index (χ2n) is 7.33. The van der Waals surface area contributed by atoms with Crippen molar-refractivity contribution >= 4 is 34.3 Å². The molecule has 4 rings (SSSR count). The molecule has 0 aliphatic carbocycles. The number of nitrogens with one attached hydrogen (secondary N) is 3. The summed E-state index contributed by atoms with van der Waals surface area (Å²) in [4.78, 5) is 29.0. The maximum Gasteiger partial charge on any atom is 0.417 e. The number of hydrogen-bond donors (Lipinski definition) is 3. The number of hydrogen-bond acceptors (Lipinski definition) is 5. The fourth-order valence-electron chi connectivity index (χ4n) is 3.48. The smallest absolute Gasteiger partial charge is 0.361 e. The minimum atomic E-state index is -4.83. The van der Waals surface area contributed by atoms with Gasteiger partial charge in [-0.1, -0.05) is 50.2 Å². The Kier molecular flexibility index (Phi) is 8.31. The Morgan fingerprint density at radius 2 is 1.58 bits per heavy atom. The normalized spacial score (nSPS) is 10.8. The molecular formula is C26H26F3N5O2. The fourth-order valence-corrected chi connectivity index (χ4v) is 3.48. The molecule has 2 aromatic carbocycles. The second-order valence-corrected chi connectivity index (χ2v) is 7.33. The summed E-state index contributed by atoms with van der Waals surface area (Å²) in [5.74, 6) is -0.390. The largest absolute Gasteiger partial charge is 0.417 e. The zero-order valence-corrected chi connectivity index (χ0v) is 20.0. The Hall–Kier alpha value is -4.34. The van der Waals surface area contributed by atoms with Crippen molar-refractivity contribution in [1.29, 1.82) is 0 Å². The maximum absolute atomic E-state index is 14.0. The van der Waals surface area contributed by atoms with Gasteiger partial charge < -0.3 is 16.0 Å². The van der Waals surface area contributed by atoms with Crippen molar-refractivity contribution in [2.45, 2.75) is 20.0 Å². The summed E-state index contributed by atoms with van der Waals surface area (Å²) in [5, 5.41) is 7.52. The van der Waals surface area contributed by atoms with Crippen LogP contribution in [0, 0.1) is 0 Å². The van der Waals surface area contributed by atoms with E-state index in [-0.39, 0.29) is 23.8 Å². The highest BCUT2D eigenvalue weighted by Gasteiger charge is 2.35. The first-order chi connectivity index (χ1) is 17.3. The lowest BCUT2D eigenvalue weighted by molar-refractivity contribution is -0.136. The van der Waals surface area contributed by atoms with Crippen molar-refractivity contribution < 1.29 is 18.0 Å². The summed E-state index contributed by atoms with van der Waals surface area (Å²) in [7, 11) is 1.41. The van der Waals surface area contributed by atoms with E-state index in [4.69, 9.17) is 0 Å². The highest BCUT2D eigenvalue weighted by molar-refractivity contribution is 5.87. The summed E-state index contributed by atoms with van der Waals surface area (Å²) < 4.78 is 43.5. The molecule has 2 heterocycles. The van der Waals surface area contributed by atoms with Crippen molar-refractivity contribution in [2.24, 2.45) is 0 Å². The minimum absolute atomic E-state index is 0.190. The number of halogens is 3. The van der Waals surface area contributed by atoms with E-state index in [1.165, 1.54) is 11.6 Å². The molecule has 1 amide bonds. The van der Waals surface area contributed by atoms with Crippen LogP contribution in [0.4, 0.5) is 30.5 Å². The molecule has 36 heavy (non-hydrogen) atoms. The third-order valence-corrected chi connectivity index (χ3v) is 5.04. The molecule has 0 radical (unpaired) electrons. The van der Waals surface area contributed by atoms with Gasteiger partial charge in [0, 0.05) is 24.5 Å². The molecule has 4 aromatic rings. The van der Waals surface area contributed by atoms with E-state index >= 15 is 0 Å². The Labute approximate surface area is 206 Å². The first-order valence-electron chi connectivity index (χ1n) is 11.3. The molecule has 0 atom stereocenters. The SMILES string of the molecule is CC.CNC(=O)CNc1cc(C(F)(F)F)c2c(=O)cc(Nc3ccccc3)n(-c3ccccc3)c2n1. The summed E-state index contributed by atoms with van der Waals surface area (Å²) in [5.41, 5.74) is -1.05. The Morgan fingerprint density at radius 1 is 0.972 bits per heavy atom. The van der Waals surface area contributed by atoms with E-state index in [1.807, 2.05) is 19.9 Å². The molecule has 0 aliphatic heterocycles. The van der Waals surface area contributed by atoms with Gasteiger partial charge in [0.05, 0.1) is 17.5 Å². The van der Waals surface area contributed by atoms with Gasteiger partial charge in [0.2, 0.25) is 5.91 Å². The van der Waals surface area contributed by atoms with Crippen LogP contribution >= 0.6 is 0 Å². The Bertz CT molecular complexity index is 1390. The number of fused-ring (bicyclic) bond motifs is 1. The van der Waals surface area contributed by atoms with Crippen molar-refractivity contribution in [3.63, 3.8) is 0 Å². The summed E-state index contributed by atoms with van der Waals surface area (Å²) in [6, 6.07) is 19.4. The maximum atomic E-state index is 14.0. The van der Waals surface area contributed by atoms with E-state index in [9.17, 15) is 22.8 Å². The standard InChI is InChI=1S/C24H20F3N5O2.C2H6/c1-28-21(34)14-29-19-12-17(24(25,26)27)22-18(33)13-20(30-15-8-4-2-5-9-15)32(23(22)31-19)16-10-6-3-7-11-16;1-2/h2-13,30H,14H2,1H3,(H,28,34)(H,29,31);1-2H3. The number of para-hydroxylation sites is 2.